The minimum Gasteiger partial charge on any atom is -0.341 e. The van der Waals surface area contributed by atoms with E-state index in [1.807, 2.05) is 0 Å². The summed E-state index contributed by atoms with van der Waals surface area (Å²) in [5.74, 6) is -0.724. The monoisotopic (exact) mass is 362 g/mol. The number of hydrogen-bond acceptors (Lipinski definition) is 3. The van der Waals surface area contributed by atoms with Crippen molar-refractivity contribution in [3.05, 3.63) is 34.9 Å². The summed E-state index contributed by atoms with van der Waals surface area (Å²) in [5.41, 5.74) is -0.180. The fraction of sp³-hybridized carbons (Fsp3) is 0.526. The van der Waals surface area contributed by atoms with Crippen LogP contribution in [0.1, 0.15) is 44.6 Å². The number of halogens is 1. The van der Waals surface area contributed by atoms with Crippen LogP contribution >= 0.6 is 11.6 Å². The highest BCUT2D eigenvalue weighted by molar-refractivity contribution is 6.30. The molecule has 0 saturated carbocycles. The predicted molar refractivity (Wildman–Crippen MR) is 95.2 cm³/mol. The summed E-state index contributed by atoms with van der Waals surface area (Å²) >= 11 is 5.91. The molecule has 0 bridgehead atoms. The van der Waals surface area contributed by atoms with Gasteiger partial charge in [-0.05, 0) is 37.5 Å². The third-order valence-electron chi connectivity index (χ3n) is 5.26. The molecule has 0 unspecified atom stereocenters. The number of nitrogens with zero attached hydrogens (tertiary/aromatic N) is 2. The average molecular weight is 363 g/mol. The Balaban J connectivity index is 1.74. The van der Waals surface area contributed by atoms with Gasteiger partial charge < -0.3 is 4.90 Å². The normalized spacial score (nSPS) is 24.6. The molecule has 0 N–H and O–H groups in total. The lowest BCUT2D eigenvalue weighted by Gasteiger charge is -2.25. The molecular weight excluding hydrogens is 340 g/mol. The zero-order chi connectivity index (χ0) is 18.0. The Labute approximate surface area is 152 Å². The van der Waals surface area contributed by atoms with Gasteiger partial charge >= 0.3 is 0 Å². The quantitative estimate of drug-likeness (QED) is 0.777. The molecule has 3 rings (SSSR count). The molecule has 2 saturated heterocycles. The molecule has 0 radical (unpaired) electrons. The molecule has 2 fully saturated rings. The van der Waals surface area contributed by atoms with E-state index in [4.69, 9.17) is 11.6 Å². The van der Waals surface area contributed by atoms with Crippen LogP contribution in [0.3, 0.4) is 0 Å². The predicted octanol–water partition coefficient (Wildman–Crippen LogP) is 2.76. The van der Waals surface area contributed by atoms with E-state index in [2.05, 4.69) is 0 Å². The molecule has 3 amide bonds. The van der Waals surface area contributed by atoms with Crippen molar-refractivity contribution in [2.24, 2.45) is 0 Å². The topological polar surface area (TPSA) is 57.7 Å². The lowest BCUT2D eigenvalue weighted by molar-refractivity contribution is -0.146. The maximum absolute atomic E-state index is 12.9. The molecule has 6 heteroatoms. The highest BCUT2D eigenvalue weighted by atomic mass is 35.5. The van der Waals surface area contributed by atoms with Crippen molar-refractivity contribution in [3.8, 4) is 0 Å². The highest BCUT2D eigenvalue weighted by Crippen LogP contribution is 2.36. The van der Waals surface area contributed by atoms with Crippen molar-refractivity contribution >= 4 is 29.3 Å². The van der Waals surface area contributed by atoms with Crippen LogP contribution in [0.2, 0.25) is 5.02 Å². The van der Waals surface area contributed by atoms with Crippen molar-refractivity contribution in [1.29, 1.82) is 0 Å². The van der Waals surface area contributed by atoms with Crippen molar-refractivity contribution < 1.29 is 14.4 Å². The van der Waals surface area contributed by atoms with Gasteiger partial charge in [0.25, 0.3) is 0 Å². The summed E-state index contributed by atoms with van der Waals surface area (Å²) in [6.07, 6.45) is 4.30. The second-order valence-corrected chi connectivity index (χ2v) is 7.53. The van der Waals surface area contributed by atoms with Gasteiger partial charge in [0, 0.05) is 24.5 Å². The lowest BCUT2D eigenvalue weighted by Crippen LogP contribution is -2.44. The largest absolute Gasteiger partial charge is 0.341 e. The summed E-state index contributed by atoms with van der Waals surface area (Å²) in [4.78, 5) is 40.8. The Kier molecular flexibility index (Phi) is 5.13. The minimum absolute atomic E-state index is 0.0841. The van der Waals surface area contributed by atoms with Crippen LogP contribution in [-0.4, -0.2) is 47.2 Å². The SMILES string of the molecule is C[C@]1(c2ccc(Cl)cc2)CC(=O)N(CC(=O)N2CCCCCC2)C1=O. The zero-order valence-electron chi connectivity index (χ0n) is 14.5. The molecule has 2 aliphatic heterocycles. The van der Waals surface area contributed by atoms with Crippen molar-refractivity contribution in [3.63, 3.8) is 0 Å². The molecule has 2 aliphatic rings. The van der Waals surface area contributed by atoms with Crippen molar-refractivity contribution in [1.82, 2.24) is 9.80 Å². The van der Waals surface area contributed by atoms with E-state index in [1.165, 1.54) is 0 Å². The van der Waals surface area contributed by atoms with Gasteiger partial charge in [0.1, 0.15) is 6.54 Å². The van der Waals surface area contributed by atoms with E-state index < -0.39 is 5.41 Å². The number of amides is 3. The van der Waals surface area contributed by atoms with Gasteiger partial charge in [-0.15, -0.1) is 0 Å². The summed E-state index contributed by atoms with van der Waals surface area (Å²) in [6.45, 7) is 3.03. The molecular formula is C19H23ClN2O3. The van der Waals surface area contributed by atoms with E-state index in [0.717, 1.165) is 36.1 Å². The standard InChI is InChI=1S/C19H23ClN2O3/c1-19(14-6-8-15(20)9-7-14)12-16(23)22(18(19)25)13-17(24)21-10-4-2-3-5-11-21/h6-9H,2-5,10-13H2,1H3/t19-/m1/s1. The third-order valence-corrected chi connectivity index (χ3v) is 5.51. The summed E-state index contributed by atoms with van der Waals surface area (Å²) < 4.78 is 0. The second kappa shape index (κ2) is 7.16. The molecule has 1 aromatic rings. The van der Waals surface area contributed by atoms with E-state index in [1.54, 1.807) is 36.1 Å². The summed E-state index contributed by atoms with van der Waals surface area (Å²) in [7, 11) is 0. The average Bonchev–Trinajstić information content (AvgIpc) is 2.81. The number of benzene rings is 1. The van der Waals surface area contributed by atoms with Crippen LogP contribution in [0, 0.1) is 0 Å². The maximum Gasteiger partial charge on any atom is 0.242 e. The van der Waals surface area contributed by atoms with Crippen LogP contribution < -0.4 is 0 Å². The first-order chi connectivity index (χ1) is 11.9. The van der Waals surface area contributed by atoms with Crippen LogP contribution in [0.25, 0.3) is 0 Å². The second-order valence-electron chi connectivity index (χ2n) is 7.10. The summed E-state index contributed by atoms with van der Waals surface area (Å²) in [6, 6.07) is 6.97. The van der Waals surface area contributed by atoms with Crippen molar-refractivity contribution in [2.45, 2.75) is 44.4 Å². The smallest absolute Gasteiger partial charge is 0.242 e. The molecule has 0 aromatic heterocycles. The van der Waals surface area contributed by atoms with Crippen molar-refractivity contribution in [2.75, 3.05) is 19.6 Å². The number of rotatable bonds is 3. The Bertz CT molecular complexity index is 680. The fourth-order valence-electron chi connectivity index (χ4n) is 3.64. The molecule has 5 nitrogen and oxygen atoms in total. The minimum atomic E-state index is -0.930. The van der Waals surface area contributed by atoms with E-state index in [9.17, 15) is 14.4 Å². The Morgan fingerprint density at radius 2 is 1.68 bits per heavy atom. The molecule has 2 heterocycles. The number of carbonyl (C=O) groups excluding carboxylic acids is 3. The number of hydrogen-bond donors (Lipinski definition) is 0. The zero-order valence-corrected chi connectivity index (χ0v) is 15.2. The van der Waals surface area contributed by atoms with Gasteiger partial charge in [0.2, 0.25) is 17.7 Å². The van der Waals surface area contributed by atoms with Gasteiger partial charge in [0.05, 0.1) is 5.41 Å². The van der Waals surface area contributed by atoms with Crippen LogP contribution in [0.15, 0.2) is 24.3 Å². The number of imide groups is 1. The number of likely N-dealkylation sites (tertiary alicyclic amines) is 2. The van der Waals surface area contributed by atoms with Crippen LogP contribution in [0.4, 0.5) is 0 Å². The number of carbonyl (C=O) groups is 3. The van der Waals surface area contributed by atoms with Gasteiger partial charge in [0.15, 0.2) is 0 Å². The fourth-order valence-corrected chi connectivity index (χ4v) is 3.77. The molecule has 25 heavy (non-hydrogen) atoms. The first-order valence-corrected chi connectivity index (χ1v) is 9.18. The first kappa shape index (κ1) is 17.9. The van der Waals surface area contributed by atoms with E-state index in [-0.39, 0.29) is 30.7 Å². The van der Waals surface area contributed by atoms with Crippen LogP contribution in [0.5, 0.6) is 0 Å². The third kappa shape index (κ3) is 3.56. The van der Waals surface area contributed by atoms with Crippen LogP contribution in [-0.2, 0) is 19.8 Å². The molecule has 134 valence electrons. The Morgan fingerprint density at radius 3 is 2.28 bits per heavy atom. The molecule has 0 aliphatic carbocycles. The van der Waals surface area contributed by atoms with E-state index in [0.29, 0.717) is 18.1 Å². The Hall–Kier alpha value is -1.88. The molecule has 0 spiro atoms. The first-order valence-electron chi connectivity index (χ1n) is 8.80. The molecule has 1 atom stereocenters. The van der Waals surface area contributed by atoms with Gasteiger partial charge in [-0.2, -0.15) is 0 Å². The lowest BCUT2D eigenvalue weighted by atomic mass is 9.81. The Morgan fingerprint density at radius 1 is 1.08 bits per heavy atom. The van der Waals surface area contributed by atoms with Gasteiger partial charge in [-0.3, -0.25) is 19.3 Å². The molecule has 1 aromatic carbocycles. The van der Waals surface area contributed by atoms with Gasteiger partial charge in [-0.1, -0.05) is 36.6 Å². The van der Waals surface area contributed by atoms with E-state index >= 15 is 0 Å². The highest BCUT2D eigenvalue weighted by Gasteiger charge is 2.49. The summed E-state index contributed by atoms with van der Waals surface area (Å²) in [5, 5.41) is 0.581. The van der Waals surface area contributed by atoms with Gasteiger partial charge in [-0.25, -0.2) is 0 Å². The maximum atomic E-state index is 12.9.